The fourth-order valence-electron chi connectivity index (χ4n) is 2.39. The minimum absolute atomic E-state index is 0.281. The van der Waals surface area contributed by atoms with E-state index < -0.39 is 0 Å². The second kappa shape index (κ2) is 8.28. The van der Waals surface area contributed by atoms with Crippen LogP contribution in [-0.4, -0.2) is 33.6 Å². The van der Waals surface area contributed by atoms with Crippen molar-refractivity contribution in [1.29, 1.82) is 0 Å². The molecule has 1 amide bonds. The summed E-state index contributed by atoms with van der Waals surface area (Å²) in [5.41, 5.74) is 1.82. The van der Waals surface area contributed by atoms with Crippen molar-refractivity contribution in [2.75, 3.05) is 6.54 Å². The van der Waals surface area contributed by atoms with Gasteiger partial charge in [0.1, 0.15) is 28.6 Å². The maximum atomic E-state index is 12.1. The summed E-state index contributed by atoms with van der Waals surface area (Å²) in [4.78, 5) is 12.1. The minimum atomic E-state index is -0.309. The Bertz CT molecular complexity index is 994. The van der Waals surface area contributed by atoms with Crippen LogP contribution in [0.15, 0.2) is 46.0 Å². The number of carbonyl (C=O) groups is 1. The zero-order chi connectivity index (χ0) is 19.4. The molecule has 0 aliphatic carbocycles. The molecule has 2 aromatic heterocycles. The molecule has 2 heterocycles. The van der Waals surface area contributed by atoms with E-state index in [1.807, 2.05) is 18.2 Å². The molecular weight excluding hydrogens is 391 g/mol. The van der Waals surface area contributed by atoms with Crippen LogP contribution in [0.25, 0.3) is 11.3 Å². The predicted molar refractivity (Wildman–Crippen MR) is 103 cm³/mol. The molecule has 9 heteroatoms. The first-order chi connectivity index (χ1) is 13.0. The van der Waals surface area contributed by atoms with Crippen molar-refractivity contribution >= 4 is 34.8 Å². The predicted octanol–water partition coefficient (Wildman–Crippen LogP) is 4.15. The van der Waals surface area contributed by atoms with E-state index in [-0.39, 0.29) is 11.6 Å². The van der Waals surface area contributed by atoms with Crippen LogP contribution < -0.4 is 5.32 Å². The lowest BCUT2D eigenvalue weighted by Gasteiger charge is -2.02. The Labute approximate surface area is 165 Å². The van der Waals surface area contributed by atoms with Crippen LogP contribution in [0.5, 0.6) is 0 Å². The SMILES string of the molecule is C/C(=N/O)c1cc(C(=O)NCCc2ccc(-c3ccc(Cl)c(Cl)c3)o2)[nH]n1. The summed E-state index contributed by atoms with van der Waals surface area (Å²) in [5.74, 6) is 1.09. The van der Waals surface area contributed by atoms with Crippen molar-refractivity contribution in [3.05, 3.63) is 63.6 Å². The fourth-order valence-corrected chi connectivity index (χ4v) is 2.68. The molecule has 0 saturated carbocycles. The van der Waals surface area contributed by atoms with Crippen LogP contribution in [0.1, 0.15) is 28.9 Å². The Kier molecular flexibility index (Phi) is 5.83. The standard InChI is InChI=1S/C18H16Cl2N4O3/c1-10(24-26)15-9-16(23-22-15)18(25)21-7-6-12-3-5-17(27-12)11-2-4-13(19)14(20)8-11/h2-5,8-9,26H,6-7H2,1H3,(H,21,25)(H,22,23)/b24-10-. The van der Waals surface area contributed by atoms with E-state index in [0.29, 0.717) is 40.2 Å². The second-order valence-electron chi connectivity index (χ2n) is 5.75. The van der Waals surface area contributed by atoms with Crippen LogP contribution in [0.2, 0.25) is 10.0 Å². The van der Waals surface area contributed by atoms with Gasteiger partial charge in [0.05, 0.1) is 10.0 Å². The maximum absolute atomic E-state index is 12.1. The number of halogens is 2. The van der Waals surface area contributed by atoms with Gasteiger partial charge in [-0.05, 0) is 43.3 Å². The number of H-pyrrole nitrogens is 1. The molecule has 1 aromatic carbocycles. The number of aromatic amines is 1. The highest BCUT2D eigenvalue weighted by Gasteiger charge is 2.12. The van der Waals surface area contributed by atoms with E-state index >= 15 is 0 Å². The lowest BCUT2D eigenvalue weighted by atomic mass is 10.2. The Morgan fingerprint density at radius 3 is 2.81 bits per heavy atom. The Morgan fingerprint density at radius 1 is 1.26 bits per heavy atom. The Balaban J connectivity index is 1.56. The third-order valence-corrected chi connectivity index (χ3v) is 4.60. The van der Waals surface area contributed by atoms with E-state index in [4.69, 9.17) is 32.8 Å². The van der Waals surface area contributed by atoms with Gasteiger partial charge in [0, 0.05) is 18.5 Å². The van der Waals surface area contributed by atoms with Gasteiger partial charge in [-0.1, -0.05) is 28.4 Å². The zero-order valence-corrected chi connectivity index (χ0v) is 15.8. The van der Waals surface area contributed by atoms with Gasteiger partial charge in [-0.2, -0.15) is 5.10 Å². The highest BCUT2D eigenvalue weighted by molar-refractivity contribution is 6.42. The molecule has 3 rings (SSSR count). The highest BCUT2D eigenvalue weighted by atomic mass is 35.5. The van der Waals surface area contributed by atoms with Gasteiger partial charge in [-0.3, -0.25) is 9.89 Å². The number of carbonyl (C=O) groups excluding carboxylic acids is 1. The van der Waals surface area contributed by atoms with Crippen LogP contribution in [0.3, 0.4) is 0 Å². The largest absolute Gasteiger partial charge is 0.461 e. The molecule has 0 atom stereocenters. The molecule has 0 radical (unpaired) electrons. The number of furan rings is 1. The van der Waals surface area contributed by atoms with Crippen LogP contribution >= 0.6 is 23.2 Å². The summed E-state index contributed by atoms with van der Waals surface area (Å²) < 4.78 is 5.79. The van der Waals surface area contributed by atoms with Crippen molar-refractivity contribution in [3.8, 4) is 11.3 Å². The van der Waals surface area contributed by atoms with Crippen molar-refractivity contribution in [3.63, 3.8) is 0 Å². The van der Waals surface area contributed by atoms with Gasteiger partial charge in [0.25, 0.3) is 5.91 Å². The number of amides is 1. The number of nitrogens with zero attached hydrogens (tertiary/aromatic N) is 2. The average Bonchev–Trinajstić information content (AvgIpc) is 3.33. The van der Waals surface area contributed by atoms with E-state index in [9.17, 15) is 4.79 Å². The van der Waals surface area contributed by atoms with E-state index in [2.05, 4.69) is 20.7 Å². The fraction of sp³-hybridized carbons (Fsp3) is 0.167. The lowest BCUT2D eigenvalue weighted by Crippen LogP contribution is -2.25. The van der Waals surface area contributed by atoms with Gasteiger partial charge in [0.2, 0.25) is 0 Å². The number of rotatable bonds is 6. The first-order valence-electron chi connectivity index (χ1n) is 8.04. The number of hydrogen-bond donors (Lipinski definition) is 3. The Hall–Kier alpha value is -2.77. The van der Waals surface area contributed by atoms with Gasteiger partial charge in [0.15, 0.2) is 0 Å². The van der Waals surface area contributed by atoms with E-state index in [1.165, 1.54) is 6.07 Å². The summed E-state index contributed by atoms with van der Waals surface area (Å²) in [5, 5.41) is 22.0. The van der Waals surface area contributed by atoms with Gasteiger partial charge < -0.3 is 14.9 Å². The van der Waals surface area contributed by atoms with E-state index in [0.717, 1.165) is 11.3 Å². The third kappa shape index (κ3) is 4.50. The summed E-state index contributed by atoms with van der Waals surface area (Å²) >= 11 is 11.9. The average molecular weight is 407 g/mol. The molecule has 3 N–H and O–H groups in total. The van der Waals surface area contributed by atoms with Crippen molar-refractivity contribution in [2.45, 2.75) is 13.3 Å². The molecule has 0 aliphatic rings. The molecule has 0 spiro atoms. The molecule has 3 aromatic rings. The molecular formula is C18H16Cl2N4O3. The monoisotopic (exact) mass is 406 g/mol. The molecule has 0 fully saturated rings. The van der Waals surface area contributed by atoms with Crippen LogP contribution in [-0.2, 0) is 6.42 Å². The van der Waals surface area contributed by atoms with Gasteiger partial charge >= 0.3 is 0 Å². The van der Waals surface area contributed by atoms with Crippen LogP contribution in [0.4, 0.5) is 0 Å². The highest BCUT2D eigenvalue weighted by Crippen LogP contribution is 2.29. The molecule has 0 aliphatic heterocycles. The molecule has 0 saturated heterocycles. The van der Waals surface area contributed by atoms with Gasteiger partial charge in [-0.15, -0.1) is 0 Å². The van der Waals surface area contributed by atoms with Crippen molar-refractivity contribution in [1.82, 2.24) is 15.5 Å². The van der Waals surface area contributed by atoms with Crippen LogP contribution in [0, 0.1) is 0 Å². The summed E-state index contributed by atoms with van der Waals surface area (Å²) in [6.07, 6.45) is 0.519. The smallest absolute Gasteiger partial charge is 0.269 e. The normalized spacial score (nSPS) is 11.6. The Morgan fingerprint density at radius 2 is 2.07 bits per heavy atom. The summed E-state index contributed by atoms with van der Waals surface area (Å²) in [6, 6.07) is 10.5. The van der Waals surface area contributed by atoms with Crippen molar-refractivity contribution in [2.24, 2.45) is 5.16 Å². The molecule has 27 heavy (non-hydrogen) atoms. The number of oxime groups is 1. The van der Waals surface area contributed by atoms with E-state index in [1.54, 1.807) is 19.1 Å². The van der Waals surface area contributed by atoms with Gasteiger partial charge in [-0.25, -0.2) is 0 Å². The second-order valence-corrected chi connectivity index (χ2v) is 6.57. The summed E-state index contributed by atoms with van der Waals surface area (Å²) in [6.45, 7) is 1.97. The quantitative estimate of drug-likeness (QED) is 0.325. The summed E-state index contributed by atoms with van der Waals surface area (Å²) in [7, 11) is 0. The zero-order valence-electron chi connectivity index (χ0n) is 14.3. The third-order valence-electron chi connectivity index (χ3n) is 3.87. The first kappa shape index (κ1) is 19.0. The number of hydrogen-bond acceptors (Lipinski definition) is 5. The number of benzene rings is 1. The molecule has 0 unspecified atom stereocenters. The van der Waals surface area contributed by atoms with Crippen molar-refractivity contribution < 1.29 is 14.4 Å². The minimum Gasteiger partial charge on any atom is -0.461 e. The lowest BCUT2D eigenvalue weighted by molar-refractivity contribution is 0.0948. The molecule has 0 bridgehead atoms. The molecule has 140 valence electrons. The maximum Gasteiger partial charge on any atom is 0.269 e. The number of aromatic nitrogens is 2. The number of nitrogens with one attached hydrogen (secondary N) is 2. The first-order valence-corrected chi connectivity index (χ1v) is 8.80. The molecule has 7 nitrogen and oxygen atoms in total. The topological polar surface area (TPSA) is 104 Å².